The Labute approximate surface area is 103 Å². The van der Waals surface area contributed by atoms with Gasteiger partial charge in [0.05, 0.1) is 0 Å². The van der Waals surface area contributed by atoms with Crippen molar-refractivity contribution >= 4 is 11.6 Å². The summed E-state index contributed by atoms with van der Waals surface area (Å²) in [5.74, 6) is 0. The van der Waals surface area contributed by atoms with Gasteiger partial charge in [-0.1, -0.05) is 67.3 Å². The molecule has 0 bridgehead atoms. The van der Waals surface area contributed by atoms with E-state index in [1.807, 2.05) is 25.2 Å². The van der Waals surface area contributed by atoms with Crippen LogP contribution >= 0.6 is 0 Å². The lowest BCUT2D eigenvalue weighted by Gasteiger charge is -2.01. The van der Waals surface area contributed by atoms with Gasteiger partial charge in [-0.3, -0.25) is 0 Å². The molecule has 0 saturated carbocycles. The molecule has 0 aliphatic heterocycles. The molecule has 0 amide bonds. The highest BCUT2D eigenvalue weighted by Gasteiger charge is 2.08. The molecule has 1 aromatic rings. The minimum Gasteiger partial charge on any atom is -0.0985 e. The Morgan fingerprint density at radius 2 is 2.00 bits per heavy atom. The third-order valence-electron chi connectivity index (χ3n) is 2.75. The van der Waals surface area contributed by atoms with Crippen LogP contribution in [0.1, 0.15) is 18.1 Å². The van der Waals surface area contributed by atoms with E-state index in [9.17, 15) is 0 Å². The highest BCUT2D eigenvalue weighted by Crippen LogP contribution is 2.29. The molecule has 0 N–H and O–H groups in total. The predicted molar refractivity (Wildman–Crippen MR) is 76.5 cm³/mol. The average molecular weight is 220 g/mol. The molecule has 0 radical (unpaired) electrons. The Morgan fingerprint density at radius 3 is 2.76 bits per heavy atom. The Hall–Kier alpha value is -2.08. The first-order valence-corrected chi connectivity index (χ1v) is 5.79. The third kappa shape index (κ3) is 2.54. The molecule has 17 heavy (non-hydrogen) atoms. The van der Waals surface area contributed by atoms with E-state index in [4.69, 9.17) is 0 Å². The Bertz CT molecular complexity index is 537. The monoisotopic (exact) mass is 220 g/mol. The van der Waals surface area contributed by atoms with Gasteiger partial charge in [0.2, 0.25) is 0 Å². The molecular weight excluding hydrogens is 204 g/mol. The van der Waals surface area contributed by atoms with Gasteiger partial charge in [-0.2, -0.15) is 0 Å². The zero-order valence-electron chi connectivity index (χ0n) is 10.1. The van der Waals surface area contributed by atoms with E-state index in [0.717, 1.165) is 5.57 Å². The zero-order valence-corrected chi connectivity index (χ0v) is 10.1. The minimum atomic E-state index is 1.12. The largest absolute Gasteiger partial charge is 0.0985 e. The van der Waals surface area contributed by atoms with Gasteiger partial charge in [-0.15, -0.1) is 0 Å². The topological polar surface area (TPSA) is 0 Å². The fourth-order valence-corrected chi connectivity index (χ4v) is 1.86. The second-order valence-electron chi connectivity index (χ2n) is 3.92. The first-order chi connectivity index (χ1) is 8.35. The van der Waals surface area contributed by atoms with Crippen LogP contribution in [0.5, 0.6) is 0 Å². The van der Waals surface area contributed by atoms with Gasteiger partial charge < -0.3 is 0 Å². The van der Waals surface area contributed by atoms with Crippen molar-refractivity contribution in [1.29, 1.82) is 0 Å². The smallest absolute Gasteiger partial charge is 0.0111 e. The molecule has 0 aromatic heterocycles. The molecule has 0 fully saturated rings. The molecular formula is C17H16. The maximum absolute atomic E-state index is 3.84. The van der Waals surface area contributed by atoms with E-state index in [0.29, 0.717) is 0 Å². The lowest BCUT2D eigenvalue weighted by Crippen LogP contribution is -1.80. The lowest BCUT2D eigenvalue weighted by atomic mass is 10.0. The summed E-state index contributed by atoms with van der Waals surface area (Å²) in [6, 6.07) is 8.42. The SMILES string of the molecule is C=CC(/C=C1/C=Cc2ccccc21)=C\C=C/C. The summed E-state index contributed by atoms with van der Waals surface area (Å²) >= 11 is 0. The van der Waals surface area contributed by atoms with Crippen LogP contribution < -0.4 is 0 Å². The van der Waals surface area contributed by atoms with Crippen molar-refractivity contribution in [3.63, 3.8) is 0 Å². The third-order valence-corrected chi connectivity index (χ3v) is 2.75. The number of benzene rings is 1. The lowest BCUT2D eigenvalue weighted by molar-refractivity contribution is 1.60. The van der Waals surface area contributed by atoms with Crippen LogP contribution in [0.2, 0.25) is 0 Å². The molecule has 2 rings (SSSR count). The van der Waals surface area contributed by atoms with E-state index >= 15 is 0 Å². The van der Waals surface area contributed by atoms with Crippen molar-refractivity contribution in [3.8, 4) is 0 Å². The second-order valence-corrected chi connectivity index (χ2v) is 3.92. The van der Waals surface area contributed by atoms with Gasteiger partial charge >= 0.3 is 0 Å². The maximum atomic E-state index is 3.84. The first-order valence-electron chi connectivity index (χ1n) is 5.79. The van der Waals surface area contributed by atoms with Crippen molar-refractivity contribution in [2.24, 2.45) is 0 Å². The number of hydrogen-bond donors (Lipinski definition) is 0. The number of hydrogen-bond acceptors (Lipinski definition) is 0. The van der Waals surface area contributed by atoms with E-state index in [1.54, 1.807) is 0 Å². The van der Waals surface area contributed by atoms with Gasteiger partial charge in [0.25, 0.3) is 0 Å². The predicted octanol–water partition coefficient (Wildman–Crippen LogP) is 4.79. The highest BCUT2D eigenvalue weighted by atomic mass is 14.1. The summed E-state index contributed by atoms with van der Waals surface area (Å²) in [5.41, 5.74) is 4.95. The Balaban J connectivity index is 2.37. The summed E-state index contributed by atoms with van der Waals surface area (Å²) in [4.78, 5) is 0. The Morgan fingerprint density at radius 1 is 1.18 bits per heavy atom. The average Bonchev–Trinajstić information content (AvgIpc) is 2.78. The zero-order chi connectivity index (χ0) is 12.1. The second kappa shape index (κ2) is 5.31. The van der Waals surface area contributed by atoms with Crippen molar-refractivity contribution in [3.05, 3.63) is 84.0 Å². The number of allylic oxidation sites excluding steroid dienone is 8. The molecule has 0 heterocycles. The van der Waals surface area contributed by atoms with Crippen LogP contribution in [0, 0.1) is 0 Å². The van der Waals surface area contributed by atoms with Crippen molar-refractivity contribution in [2.45, 2.75) is 6.92 Å². The van der Waals surface area contributed by atoms with Gasteiger partial charge in [-0.05, 0) is 35.3 Å². The van der Waals surface area contributed by atoms with E-state index in [1.165, 1.54) is 16.7 Å². The van der Waals surface area contributed by atoms with Crippen molar-refractivity contribution in [2.75, 3.05) is 0 Å². The highest BCUT2D eigenvalue weighted by molar-refractivity contribution is 5.91. The summed E-state index contributed by atoms with van der Waals surface area (Å²) < 4.78 is 0. The van der Waals surface area contributed by atoms with Gasteiger partial charge in [0.15, 0.2) is 0 Å². The first kappa shape index (κ1) is 11.4. The molecule has 0 spiro atoms. The van der Waals surface area contributed by atoms with Crippen LogP contribution in [-0.4, -0.2) is 0 Å². The molecule has 84 valence electrons. The molecule has 1 aromatic carbocycles. The van der Waals surface area contributed by atoms with Gasteiger partial charge in [0.1, 0.15) is 0 Å². The van der Waals surface area contributed by atoms with E-state index in [2.05, 4.69) is 55.1 Å². The number of rotatable bonds is 3. The molecule has 1 aliphatic rings. The maximum Gasteiger partial charge on any atom is -0.0111 e. The summed E-state index contributed by atoms with van der Waals surface area (Å²) in [5, 5.41) is 0. The molecule has 0 saturated heterocycles. The van der Waals surface area contributed by atoms with E-state index < -0.39 is 0 Å². The van der Waals surface area contributed by atoms with Gasteiger partial charge in [-0.25, -0.2) is 0 Å². The summed E-state index contributed by atoms with van der Waals surface area (Å²) in [6.07, 6.45) is 14.4. The Kier molecular flexibility index (Phi) is 3.56. The molecule has 0 heteroatoms. The van der Waals surface area contributed by atoms with Crippen LogP contribution in [0.4, 0.5) is 0 Å². The van der Waals surface area contributed by atoms with Gasteiger partial charge in [0, 0.05) is 0 Å². The molecule has 0 atom stereocenters. The molecule has 0 nitrogen and oxygen atoms in total. The fourth-order valence-electron chi connectivity index (χ4n) is 1.86. The minimum absolute atomic E-state index is 1.12. The van der Waals surface area contributed by atoms with Crippen LogP contribution in [0.3, 0.4) is 0 Å². The fraction of sp³-hybridized carbons (Fsp3) is 0.0588. The summed E-state index contributed by atoms with van der Waals surface area (Å²) in [6.45, 7) is 5.85. The number of fused-ring (bicyclic) bond motifs is 1. The molecule has 1 aliphatic carbocycles. The molecule has 0 unspecified atom stereocenters. The summed E-state index contributed by atoms with van der Waals surface area (Å²) in [7, 11) is 0. The van der Waals surface area contributed by atoms with Crippen LogP contribution in [0.25, 0.3) is 11.6 Å². The van der Waals surface area contributed by atoms with Crippen LogP contribution in [-0.2, 0) is 0 Å². The van der Waals surface area contributed by atoms with E-state index in [-0.39, 0.29) is 0 Å². The van der Waals surface area contributed by atoms with Crippen LogP contribution in [0.15, 0.2) is 72.9 Å². The van der Waals surface area contributed by atoms with Crippen molar-refractivity contribution in [1.82, 2.24) is 0 Å². The normalized spacial score (nSPS) is 16.8. The standard InChI is InChI=1S/C17H16/c1-3-5-8-14(4-2)13-16-12-11-15-9-6-7-10-17(15)16/h3-13H,2H2,1H3/b5-3-,14-8+,16-13-. The quantitative estimate of drug-likeness (QED) is 0.643. The van der Waals surface area contributed by atoms with Crippen molar-refractivity contribution < 1.29 is 0 Å².